The van der Waals surface area contributed by atoms with Crippen molar-refractivity contribution in [2.24, 2.45) is 29.4 Å². The Morgan fingerprint density at radius 2 is 1.70 bits per heavy atom. The minimum atomic E-state index is -0.483. The predicted molar refractivity (Wildman–Crippen MR) is 141 cm³/mol. The molecule has 1 saturated heterocycles. The summed E-state index contributed by atoms with van der Waals surface area (Å²) in [7, 11) is 1.66. The van der Waals surface area contributed by atoms with E-state index in [4.69, 9.17) is 19.9 Å². The molecular formula is C28H52N2O7. The number of hydrogen-bond donors (Lipinski definition) is 4. The number of esters is 2. The fourth-order valence-electron chi connectivity index (χ4n) is 6.30. The molecule has 0 radical (unpaired) electrons. The van der Waals surface area contributed by atoms with Crippen molar-refractivity contribution in [1.29, 1.82) is 0 Å². The summed E-state index contributed by atoms with van der Waals surface area (Å²) < 4.78 is 16.9. The lowest BCUT2D eigenvalue weighted by molar-refractivity contribution is -0.153. The Kier molecular flexibility index (Phi) is 14.4. The third-order valence-corrected chi connectivity index (χ3v) is 8.37. The summed E-state index contributed by atoms with van der Waals surface area (Å²) in [5.74, 6) is 0.463. The number of ether oxygens (including phenoxy) is 3. The second-order valence-electron chi connectivity index (χ2n) is 11.4. The van der Waals surface area contributed by atoms with E-state index >= 15 is 0 Å². The number of methoxy groups -OCH3 is 1. The van der Waals surface area contributed by atoms with Crippen LogP contribution in [0.2, 0.25) is 0 Å². The first-order valence-corrected chi connectivity index (χ1v) is 14.3. The number of piperidine rings is 1. The topological polar surface area (TPSA) is 140 Å². The Hall–Kier alpha value is -1.26. The fraction of sp³-hybridized carbons (Fsp3) is 0.929. The molecule has 1 heterocycles. The van der Waals surface area contributed by atoms with E-state index in [1.807, 2.05) is 6.92 Å². The first kappa shape index (κ1) is 32.0. The summed E-state index contributed by atoms with van der Waals surface area (Å²) in [5.41, 5.74) is 6.11. The fourth-order valence-corrected chi connectivity index (χ4v) is 6.30. The molecule has 0 amide bonds. The number of aliphatic hydroxyl groups is 2. The second kappa shape index (κ2) is 16.6. The van der Waals surface area contributed by atoms with E-state index in [1.165, 1.54) is 13.8 Å². The maximum Gasteiger partial charge on any atom is 0.302 e. The smallest absolute Gasteiger partial charge is 0.302 e. The number of nitrogens with one attached hydrogen (secondary N) is 1. The average Bonchev–Trinajstić information content (AvgIpc) is 2.84. The maximum absolute atomic E-state index is 11.9. The van der Waals surface area contributed by atoms with Gasteiger partial charge in [-0.3, -0.25) is 9.59 Å². The molecule has 37 heavy (non-hydrogen) atoms. The SMILES string of the molecule is CC[C@H](CO)CC[C@@H](C[C@@H](CCC1CC(CC2CCNC(N)C2)C(O)C(OC)C1)OC(C)=O)OC(C)=O. The number of carbonyl (C=O) groups is 2. The van der Waals surface area contributed by atoms with Gasteiger partial charge in [-0.25, -0.2) is 0 Å². The highest BCUT2D eigenvalue weighted by atomic mass is 16.6. The third kappa shape index (κ3) is 11.6. The van der Waals surface area contributed by atoms with Crippen molar-refractivity contribution in [2.75, 3.05) is 20.3 Å². The average molecular weight is 529 g/mol. The van der Waals surface area contributed by atoms with Crippen LogP contribution in [0, 0.1) is 23.7 Å². The molecule has 2 aliphatic rings. The maximum atomic E-state index is 11.9. The first-order chi connectivity index (χ1) is 17.6. The zero-order valence-electron chi connectivity index (χ0n) is 23.4. The monoisotopic (exact) mass is 528 g/mol. The third-order valence-electron chi connectivity index (χ3n) is 8.37. The second-order valence-corrected chi connectivity index (χ2v) is 11.4. The number of carbonyl (C=O) groups excluding carboxylic acids is 2. The molecule has 1 aliphatic heterocycles. The largest absolute Gasteiger partial charge is 0.462 e. The molecular weight excluding hydrogens is 476 g/mol. The van der Waals surface area contributed by atoms with E-state index in [0.717, 1.165) is 57.9 Å². The van der Waals surface area contributed by atoms with Gasteiger partial charge in [-0.1, -0.05) is 13.3 Å². The summed E-state index contributed by atoms with van der Waals surface area (Å²) >= 11 is 0. The van der Waals surface area contributed by atoms with Crippen LogP contribution in [0.1, 0.15) is 91.4 Å². The van der Waals surface area contributed by atoms with Gasteiger partial charge in [-0.15, -0.1) is 0 Å². The van der Waals surface area contributed by atoms with E-state index in [1.54, 1.807) is 7.11 Å². The Balaban J connectivity index is 2.00. The van der Waals surface area contributed by atoms with E-state index in [-0.39, 0.29) is 54.9 Å². The van der Waals surface area contributed by atoms with Crippen LogP contribution in [0.25, 0.3) is 0 Å². The number of rotatable bonds is 15. The van der Waals surface area contributed by atoms with Crippen molar-refractivity contribution < 1.29 is 34.0 Å². The molecule has 0 aromatic heterocycles. The summed E-state index contributed by atoms with van der Waals surface area (Å²) in [5, 5.41) is 23.8. The molecule has 0 aromatic carbocycles. The Labute approximate surface area is 223 Å². The van der Waals surface area contributed by atoms with Crippen molar-refractivity contribution in [3.63, 3.8) is 0 Å². The van der Waals surface area contributed by atoms with Crippen LogP contribution < -0.4 is 11.1 Å². The van der Waals surface area contributed by atoms with Crippen LogP contribution in [-0.4, -0.2) is 73.0 Å². The van der Waals surface area contributed by atoms with Crippen molar-refractivity contribution >= 4 is 11.9 Å². The van der Waals surface area contributed by atoms with Crippen LogP contribution in [-0.2, 0) is 23.8 Å². The van der Waals surface area contributed by atoms with Gasteiger partial charge in [0.25, 0.3) is 0 Å². The van der Waals surface area contributed by atoms with E-state index < -0.39 is 6.10 Å². The predicted octanol–water partition coefficient (Wildman–Crippen LogP) is 2.90. The highest BCUT2D eigenvalue weighted by Crippen LogP contribution is 2.39. The Morgan fingerprint density at radius 3 is 2.27 bits per heavy atom. The van der Waals surface area contributed by atoms with E-state index in [9.17, 15) is 19.8 Å². The van der Waals surface area contributed by atoms with Gasteiger partial charge in [0.2, 0.25) is 0 Å². The molecule has 0 aromatic rings. The summed E-state index contributed by atoms with van der Waals surface area (Å²) in [6.45, 7) is 5.85. The number of aliphatic hydroxyl groups excluding tert-OH is 2. The van der Waals surface area contributed by atoms with Gasteiger partial charge in [-0.2, -0.15) is 0 Å². The molecule has 1 saturated carbocycles. The minimum Gasteiger partial charge on any atom is -0.462 e. The molecule has 2 rings (SSSR count). The van der Waals surface area contributed by atoms with Gasteiger partial charge in [0, 0.05) is 34.0 Å². The van der Waals surface area contributed by atoms with Gasteiger partial charge in [0.15, 0.2) is 0 Å². The lowest BCUT2D eigenvalue weighted by Crippen LogP contribution is -2.47. The van der Waals surface area contributed by atoms with Crippen LogP contribution in [0.3, 0.4) is 0 Å². The molecule has 0 bridgehead atoms. The molecule has 9 heteroatoms. The zero-order valence-corrected chi connectivity index (χ0v) is 23.4. The van der Waals surface area contributed by atoms with Crippen molar-refractivity contribution in [2.45, 2.75) is 122 Å². The minimum absolute atomic E-state index is 0.0214. The van der Waals surface area contributed by atoms with Crippen LogP contribution in [0.4, 0.5) is 0 Å². The quantitative estimate of drug-likeness (QED) is 0.236. The van der Waals surface area contributed by atoms with Crippen molar-refractivity contribution in [1.82, 2.24) is 5.32 Å². The zero-order chi connectivity index (χ0) is 27.4. The van der Waals surface area contributed by atoms with Gasteiger partial charge in [0.05, 0.1) is 18.4 Å². The molecule has 9 nitrogen and oxygen atoms in total. The molecule has 1 aliphatic carbocycles. The van der Waals surface area contributed by atoms with Crippen LogP contribution >= 0.6 is 0 Å². The molecule has 2 fully saturated rings. The lowest BCUT2D eigenvalue weighted by atomic mass is 9.71. The number of hydrogen-bond acceptors (Lipinski definition) is 9. The molecule has 216 valence electrons. The van der Waals surface area contributed by atoms with Gasteiger partial charge < -0.3 is 35.5 Å². The highest BCUT2D eigenvalue weighted by Gasteiger charge is 2.38. The van der Waals surface area contributed by atoms with Gasteiger partial charge in [0.1, 0.15) is 12.2 Å². The van der Waals surface area contributed by atoms with Crippen LogP contribution in [0.5, 0.6) is 0 Å². The van der Waals surface area contributed by atoms with E-state index in [0.29, 0.717) is 31.1 Å². The standard InChI is InChI=1S/C28H52N2O7/c1-5-20(17-31)6-8-24(36-18(2)32)16-25(37-19(3)33)9-7-21-12-23(28(34)26(14-21)35-4)13-22-10-11-30-27(29)15-22/h20-28,30-31,34H,5-17,29H2,1-4H3/t20-,21?,22?,23?,24-,25+,26?,27?,28?/m0/s1. The normalized spacial score (nSPS) is 30.8. The Bertz CT molecular complexity index is 675. The van der Waals surface area contributed by atoms with E-state index in [2.05, 4.69) is 5.32 Å². The molecule has 6 unspecified atom stereocenters. The summed E-state index contributed by atoms with van der Waals surface area (Å²) in [6.07, 6.45) is 7.41. The highest BCUT2D eigenvalue weighted by molar-refractivity contribution is 5.66. The van der Waals surface area contributed by atoms with Crippen molar-refractivity contribution in [3.05, 3.63) is 0 Å². The van der Waals surface area contributed by atoms with Crippen molar-refractivity contribution in [3.8, 4) is 0 Å². The first-order valence-electron chi connectivity index (χ1n) is 14.3. The number of nitrogens with two attached hydrogens (primary N) is 1. The Morgan fingerprint density at radius 1 is 1.03 bits per heavy atom. The van der Waals surface area contributed by atoms with Gasteiger partial charge >= 0.3 is 11.9 Å². The summed E-state index contributed by atoms with van der Waals surface area (Å²) in [4.78, 5) is 23.6. The lowest BCUT2D eigenvalue weighted by Gasteiger charge is -2.41. The van der Waals surface area contributed by atoms with Crippen LogP contribution in [0.15, 0.2) is 0 Å². The molecule has 9 atom stereocenters. The molecule has 5 N–H and O–H groups in total. The summed E-state index contributed by atoms with van der Waals surface area (Å²) in [6, 6.07) is 0. The van der Waals surface area contributed by atoms with Gasteiger partial charge in [-0.05, 0) is 88.0 Å². The molecule has 0 spiro atoms.